The van der Waals surface area contributed by atoms with Crippen LogP contribution in [0, 0.1) is 35.5 Å². The summed E-state index contributed by atoms with van der Waals surface area (Å²) in [4.78, 5) is 58.7. The van der Waals surface area contributed by atoms with Crippen molar-refractivity contribution < 1.29 is 65.7 Å². The fourth-order valence-corrected chi connectivity index (χ4v) is 10.3. The van der Waals surface area contributed by atoms with Gasteiger partial charge in [-0.3, -0.25) is 14.4 Å². The number of piperidine rings is 1. The van der Waals surface area contributed by atoms with Gasteiger partial charge < -0.3 is 48.6 Å². The van der Waals surface area contributed by atoms with E-state index in [2.05, 4.69) is 19.6 Å². The van der Waals surface area contributed by atoms with E-state index >= 15 is 0 Å². The van der Waals surface area contributed by atoms with Crippen molar-refractivity contribution in [1.82, 2.24) is 4.90 Å². The average Bonchev–Trinajstić information content (AvgIpc) is 3.32. The fourth-order valence-electron chi connectivity index (χ4n) is 10.3. The summed E-state index contributed by atoms with van der Waals surface area (Å²) < 4.78 is 53.5. The van der Waals surface area contributed by atoms with E-state index in [4.69, 9.17) is 31.2 Å². The smallest absolute Gasteiger partial charge is 0.329 e. The van der Waals surface area contributed by atoms with E-state index in [0.717, 1.165) is 28.9 Å². The van der Waals surface area contributed by atoms with Gasteiger partial charge >= 0.3 is 5.97 Å². The Kier molecular flexibility index (Phi) is 21.7. The van der Waals surface area contributed by atoms with E-state index in [1.165, 1.54) is 21.1 Å². The minimum absolute atomic E-state index is 0.00126. The molecular formula is C54H85NO13. The van der Waals surface area contributed by atoms with Gasteiger partial charge in [0.15, 0.2) is 0 Å². The van der Waals surface area contributed by atoms with Crippen molar-refractivity contribution in [2.24, 2.45) is 35.5 Å². The molecule has 68 heavy (non-hydrogen) atoms. The molecule has 4 rings (SSSR count). The Morgan fingerprint density at radius 1 is 0.926 bits per heavy atom. The Hall–Kier alpha value is -3.34. The third kappa shape index (κ3) is 15.3. The average molecular weight is 958 g/mol. The summed E-state index contributed by atoms with van der Waals surface area (Å²) in [6, 6.07) is -1.23. The lowest BCUT2D eigenvalue weighted by atomic mass is 9.78. The lowest BCUT2D eigenvalue weighted by Gasteiger charge is -2.42. The zero-order chi connectivity index (χ0) is 52.1. The van der Waals surface area contributed by atoms with Gasteiger partial charge in [0.1, 0.15) is 30.1 Å². The first-order chi connectivity index (χ1) is 33.0. The van der Waals surface area contributed by atoms with E-state index in [1.807, 2.05) is 45.1 Å². The number of aliphatic hydroxyl groups excluding tert-OH is 2. The molecule has 1 amide bonds. The molecule has 15 atom stereocenters. The van der Waals surface area contributed by atoms with Crippen LogP contribution in [0.1, 0.15) is 128 Å². The fraction of sp³-hybridized carbons (Fsp3) is 0.741. The first kappa shape index (κ1) is 54.0. The van der Waals surface area contributed by atoms with Crippen molar-refractivity contribution in [3.8, 4) is 0 Å². The largest absolute Gasteiger partial charge is 0.460 e. The maximum atomic E-state index is 14.5. The summed E-state index contributed by atoms with van der Waals surface area (Å²) in [5, 5.41) is 33.1. The first-order valence-corrected chi connectivity index (χ1v) is 24.9. The maximum Gasteiger partial charge on any atom is 0.329 e. The van der Waals surface area contributed by atoms with Gasteiger partial charge in [0.2, 0.25) is 5.79 Å². The number of carbonyl (C=O) groups excluding carboxylic acids is 4. The summed E-state index contributed by atoms with van der Waals surface area (Å²) >= 11 is 0. The highest BCUT2D eigenvalue weighted by atomic mass is 16.6. The number of nitrogens with zero attached hydrogens (tertiary/aromatic N) is 1. The summed E-state index contributed by atoms with van der Waals surface area (Å²) in [5.41, 5.74) is 2.02. The number of esters is 1. The van der Waals surface area contributed by atoms with Crippen LogP contribution in [0.15, 0.2) is 59.8 Å². The molecule has 14 nitrogen and oxygen atoms in total. The maximum absolute atomic E-state index is 14.5. The highest BCUT2D eigenvalue weighted by Crippen LogP contribution is 2.38. The SMILES string of the molecule is [2H]C1([2H])C[C@H]2C[C@H](OC)/C(C)=C/C=C/C=C/[C@@H](C)C[C@@H](C)C(=C)[C@H](OC)[C@H](O)/C(C)=C/[C@@H](C)C(=O)C[C@@H]([C@H](C)C[C@@H]3CC[C@@H](OCCO)[C@H](OC)C3)OC(=O)[C@@H]3CCCCN3C(=O)C(=O)[C@](O)(O2)[C@@H]1C. The Morgan fingerprint density at radius 3 is 2.34 bits per heavy atom. The number of hydrogen-bond acceptors (Lipinski definition) is 13. The normalized spacial score (nSPS) is 40.3. The van der Waals surface area contributed by atoms with Gasteiger partial charge in [-0.1, -0.05) is 77.7 Å². The predicted octanol–water partition coefficient (Wildman–Crippen LogP) is 7.18. The zero-order valence-electron chi connectivity index (χ0n) is 44.5. The number of hydrogen-bond donors (Lipinski definition) is 3. The van der Waals surface area contributed by atoms with Crippen molar-refractivity contribution in [3.05, 3.63) is 59.8 Å². The van der Waals surface area contributed by atoms with Crippen molar-refractivity contribution in [1.29, 1.82) is 0 Å². The van der Waals surface area contributed by atoms with E-state index < -0.39 is 78.2 Å². The quantitative estimate of drug-likeness (QED) is 0.120. The molecule has 3 heterocycles. The Balaban J connectivity index is 1.73. The lowest BCUT2D eigenvalue weighted by molar-refractivity contribution is -0.265. The van der Waals surface area contributed by atoms with E-state index in [-0.39, 0.29) is 87.1 Å². The van der Waals surface area contributed by atoms with Gasteiger partial charge in [-0.15, -0.1) is 0 Å². The van der Waals surface area contributed by atoms with Crippen molar-refractivity contribution >= 4 is 23.4 Å². The number of fused-ring (bicyclic) bond motifs is 3. The van der Waals surface area contributed by atoms with Gasteiger partial charge in [0.05, 0.1) is 37.6 Å². The lowest BCUT2D eigenvalue weighted by Crippen LogP contribution is -2.61. The minimum atomic E-state index is -2.86. The Labute approximate surface area is 409 Å². The van der Waals surface area contributed by atoms with Crippen LogP contribution in [-0.4, -0.2) is 139 Å². The van der Waals surface area contributed by atoms with E-state index in [0.29, 0.717) is 37.7 Å². The number of ketones is 2. The van der Waals surface area contributed by atoms with Crippen LogP contribution in [0.4, 0.5) is 0 Å². The Bertz CT molecular complexity index is 1900. The van der Waals surface area contributed by atoms with Crippen LogP contribution < -0.4 is 0 Å². The standard InChI is InChI=1S/C54H85NO13/c1-33-17-13-12-14-18-34(2)46(63-9)31-42-22-20-39(7)54(62,68-42)51(59)52(60)55-24-16-15-19-43(55)53(61)67-47(37(5)29-41-21-23-45(66-26-25-56)48(30-41)64-10)32-44(57)36(4)28-38(6)49(58)50(65-11)40(8)35(3)27-33/h12-14,17-18,28,33,35-37,39,41-43,45-50,56,58,62H,8,15-16,19-27,29-32H2,1-7,9-11H3/b14-12+,17-13+,34-18+,38-28+/t33-,35-,36-,37-,39-,41+,42+,43+,45-,46+,47+,48-,49-,50+,54-/m1/s1/i20D2. The summed E-state index contributed by atoms with van der Waals surface area (Å²) in [6.07, 6.45) is 8.67. The number of Topliss-reactive ketones (excluding diaryl/α,β-unsaturated/α-hetero) is 2. The molecule has 0 spiro atoms. The van der Waals surface area contributed by atoms with Gasteiger partial charge in [-0.05, 0) is 118 Å². The third-order valence-electron chi connectivity index (χ3n) is 14.8. The molecular weight excluding hydrogens is 871 g/mol. The van der Waals surface area contributed by atoms with Crippen molar-refractivity contribution in [2.45, 2.75) is 180 Å². The summed E-state index contributed by atoms with van der Waals surface area (Å²) in [6.45, 7) is 17.1. The van der Waals surface area contributed by atoms with Crippen molar-refractivity contribution in [2.75, 3.05) is 41.1 Å². The second-order valence-electron chi connectivity index (χ2n) is 20.0. The molecule has 3 N–H and O–H groups in total. The zero-order valence-corrected chi connectivity index (χ0v) is 42.5. The number of carbonyl (C=O) groups is 4. The monoisotopic (exact) mass is 958 g/mol. The van der Waals surface area contributed by atoms with E-state index in [9.17, 15) is 34.5 Å². The molecule has 0 aromatic rings. The van der Waals surface area contributed by atoms with Crippen LogP contribution in [0.2, 0.25) is 0 Å². The number of rotatable bonds is 9. The molecule has 1 aliphatic carbocycles. The summed E-state index contributed by atoms with van der Waals surface area (Å²) in [7, 11) is 4.66. The van der Waals surface area contributed by atoms with Gasteiger partial charge in [-0.2, -0.15) is 0 Å². The number of methoxy groups -OCH3 is 3. The third-order valence-corrected chi connectivity index (χ3v) is 14.8. The number of cyclic esters (lactones) is 1. The van der Waals surface area contributed by atoms with Crippen LogP contribution in [-0.2, 0) is 47.6 Å². The molecule has 0 unspecified atom stereocenters. The second-order valence-corrected chi connectivity index (χ2v) is 20.0. The highest BCUT2D eigenvalue weighted by Gasteiger charge is 2.53. The predicted molar refractivity (Wildman–Crippen MR) is 260 cm³/mol. The minimum Gasteiger partial charge on any atom is -0.460 e. The molecule has 14 heteroatoms. The van der Waals surface area contributed by atoms with Crippen LogP contribution in [0.3, 0.4) is 0 Å². The van der Waals surface area contributed by atoms with Crippen LogP contribution >= 0.6 is 0 Å². The first-order valence-electron chi connectivity index (χ1n) is 25.9. The van der Waals surface area contributed by atoms with Gasteiger partial charge in [-0.25, -0.2) is 4.79 Å². The number of allylic oxidation sites excluding steroid dienone is 6. The molecule has 0 radical (unpaired) electrons. The molecule has 0 aromatic carbocycles. The Morgan fingerprint density at radius 2 is 1.66 bits per heavy atom. The highest BCUT2D eigenvalue weighted by molar-refractivity contribution is 6.39. The molecule has 1 saturated carbocycles. The van der Waals surface area contributed by atoms with Crippen LogP contribution in [0.5, 0.6) is 0 Å². The van der Waals surface area contributed by atoms with Crippen molar-refractivity contribution in [3.63, 3.8) is 0 Å². The molecule has 3 aliphatic heterocycles. The van der Waals surface area contributed by atoms with E-state index in [1.54, 1.807) is 27.0 Å². The van der Waals surface area contributed by atoms with Gasteiger partial charge in [0, 0.05) is 55.3 Å². The number of ether oxygens (including phenoxy) is 6. The number of amides is 1. The summed E-state index contributed by atoms with van der Waals surface area (Å²) in [5.74, 6) is -8.74. The molecule has 2 bridgehead atoms. The second kappa shape index (κ2) is 27.3. The molecule has 3 fully saturated rings. The molecule has 4 aliphatic rings. The topological polar surface area (TPSA) is 188 Å². The molecule has 384 valence electrons. The number of aliphatic hydroxyl groups is 3. The van der Waals surface area contributed by atoms with Crippen LogP contribution in [0.25, 0.3) is 0 Å². The molecule has 0 aromatic heterocycles. The van der Waals surface area contributed by atoms with Gasteiger partial charge in [0.25, 0.3) is 11.7 Å². The molecule has 2 saturated heterocycles.